The number of methoxy groups -OCH3 is 1. The van der Waals surface area contributed by atoms with Crippen molar-refractivity contribution in [2.45, 2.75) is 13.5 Å². The molecule has 1 amide bonds. The first-order valence-electron chi connectivity index (χ1n) is 10.3. The maximum Gasteiger partial charge on any atom is 0.251 e. The molecule has 2 aromatic rings. The van der Waals surface area contributed by atoms with Crippen molar-refractivity contribution in [2.24, 2.45) is 4.99 Å². The number of carbonyl (C=O) groups is 1. The van der Waals surface area contributed by atoms with Crippen LogP contribution in [0.3, 0.4) is 0 Å². The summed E-state index contributed by atoms with van der Waals surface area (Å²) in [6, 6.07) is 8.95. The van der Waals surface area contributed by atoms with Gasteiger partial charge in [-0.05, 0) is 31.2 Å². The molecule has 1 aliphatic rings. The monoisotopic (exact) mass is 414 g/mol. The van der Waals surface area contributed by atoms with E-state index < -0.39 is 0 Å². The Kier molecular flexibility index (Phi) is 8.08. The third kappa shape index (κ3) is 6.21. The van der Waals surface area contributed by atoms with Gasteiger partial charge in [-0.15, -0.1) is 0 Å². The summed E-state index contributed by atoms with van der Waals surface area (Å²) >= 11 is 0. The van der Waals surface area contributed by atoms with E-state index in [9.17, 15) is 4.79 Å². The van der Waals surface area contributed by atoms with Gasteiger partial charge >= 0.3 is 0 Å². The van der Waals surface area contributed by atoms with E-state index in [2.05, 4.69) is 37.5 Å². The third-order valence-electron chi connectivity index (χ3n) is 4.89. The second-order valence-corrected chi connectivity index (χ2v) is 6.97. The lowest BCUT2D eigenvalue weighted by atomic mass is 10.2. The third-order valence-corrected chi connectivity index (χ3v) is 4.89. The predicted octanol–water partition coefficient (Wildman–Crippen LogP) is 1.20. The van der Waals surface area contributed by atoms with E-state index >= 15 is 0 Å². The van der Waals surface area contributed by atoms with Crippen LogP contribution in [0.25, 0.3) is 0 Å². The van der Waals surface area contributed by atoms with Gasteiger partial charge in [-0.1, -0.05) is 5.16 Å². The van der Waals surface area contributed by atoms with E-state index in [0.29, 0.717) is 18.7 Å². The number of carbonyl (C=O) groups excluding carboxylic acids is 1. The fraction of sp³-hybridized carbons (Fsp3) is 0.476. The average molecular weight is 415 g/mol. The van der Waals surface area contributed by atoms with Crippen molar-refractivity contribution >= 4 is 11.9 Å². The predicted molar refractivity (Wildman–Crippen MR) is 115 cm³/mol. The van der Waals surface area contributed by atoms with Crippen LogP contribution in [0.2, 0.25) is 0 Å². The fourth-order valence-electron chi connectivity index (χ4n) is 3.27. The number of rotatable bonds is 8. The van der Waals surface area contributed by atoms with Crippen molar-refractivity contribution in [1.82, 2.24) is 25.6 Å². The van der Waals surface area contributed by atoms with E-state index in [-0.39, 0.29) is 5.91 Å². The van der Waals surface area contributed by atoms with Gasteiger partial charge in [0.2, 0.25) is 0 Å². The van der Waals surface area contributed by atoms with Gasteiger partial charge in [-0.25, -0.2) is 0 Å². The second-order valence-electron chi connectivity index (χ2n) is 6.97. The number of nitrogens with zero attached hydrogens (tertiary/aromatic N) is 4. The lowest BCUT2D eigenvalue weighted by molar-refractivity contribution is 0.0954. The molecule has 0 spiro atoms. The van der Waals surface area contributed by atoms with Crippen LogP contribution in [-0.2, 0) is 6.54 Å². The number of guanidine groups is 1. The van der Waals surface area contributed by atoms with Crippen LogP contribution in [0.4, 0.5) is 0 Å². The van der Waals surface area contributed by atoms with E-state index in [0.717, 1.165) is 56.7 Å². The Labute approximate surface area is 177 Å². The summed E-state index contributed by atoms with van der Waals surface area (Å²) < 4.78 is 10.0. The first-order chi connectivity index (χ1) is 14.7. The number of aromatic nitrogens is 1. The smallest absolute Gasteiger partial charge is 0.251 e. The van der Waals surface area contributed by atoms with Gasteiger partial charge in [0.05, 0.1) is 19.3 Å². The minimum absolute atomic E-state index is 0.112. The molecular formula is C21H30N6O3. The molecule has 1 fully saturated rings. The SMILES string of the molecule is CCNC(=NCCNC(=O)c1ccc(OC)cc1)N1CCN(Cc2ccon2)CC1. The second kappa shape index (κ2) is 11.2. The number of hydrogen-bond donors (Lipinski definition) is 2. The molecule has 0 radical (unpaired) electrons. The molecule has 0 saturated carbocycles. The van der Waals surface area contributed by atoms with Gasteiger partial charge in [0, 0.05) is 57.4 Å². The molecule has 0 atom stereocenters. The quantitative estimate of drug-likeness (QED) is 0.381. The van der Waals surface area contributed by atoms with Crippen LogP contribution < -0.4 is 15.4 Å². The minimum atomic E-state index is -0.112. The van der Waals surface area contributed by atoms with Crippen molar-refractivity contribution in [2.75, 3.05) is 52.9 Å². The van der Waals surface area contributed by atoms with Crippen molar-refractivity contribution in [3.05, 3.63) is 47.9 Å². The number of piperazine rings is 1. The van der Waals surface area contributed by atoms with Crippen molar-refractivity contribution in [1.29, 1.82) is 0 Å². The first kappa shape index (κ1) is 21.6. The minimum Gasteiger partial charge on any atom is -0.497 e. The molecule has 162 valence electrons. The fourth-order valence-corrected chi connectivity index (χ4v) is 3.27. The zero-order chi connectivity index (χ0) is 21.2. The molecule has 0 aliphatic carbocycles. The van der Waals surface area contributed by atoms with Crippen LogP contribution in [-0.4, -0.2) is 79.7 Å². The van der Waals surface area contributed by atoms with E-state index in [1.165, 1.54) is 0 Å². The molecule has 2 heterocycles. The summed E-state index contributed by atoms with van der Waals surface area (Å²) in [5.41, 5.74) is 1.56. The average Bonchev–Trinajstić information content (AvgIpc) is 3.29. The number of amides is 1. The van der Waals surface area contributed by atoms with Crippen LogP contribution in [0.5, 0.6) is 5.75 Å². The Hall–Kier alpha value is -3.07. The summed E-state index contributed by atoms with van der Waals surface area (Å²) in [4.78, 5) is 21.5. The van der Waals surface area contributed by atoms with Crippen LogP contribution in [0.15, 0.2) is 46.1 Å². The summed E-state index contributed by atoms with van der Waals surface area (Å²) in [5.74, 6) is 1.50. The molecule has 1 aromatic carbocycles. The Morgan fingerprint density at radius 3 is 2.57 bits per heavy atom. The highest BCUT2D eigenvalue weighted by Gasteiger charge is 2.20. The Morgan fingerprint density at radius 2 is 1.93 bits per heavy atom. The summed E-state index contributed by atoms with van der Waals surface area (Å²) in [6.45, 7) is 8.31. The number of benzene rings is 1. The lowest BCUT2D eigenvalue weighted by Gasteiger charge is -2.36. The summed E-state index contributed by atoms with van der Waals surface area (Å²) in [5, 5.41) is 10.2. The molecule has 30 heavy (non-hydrogen) atoms. The van der Waals surface area contributed by atoms with Gasteiger partial charge in [0.1, 0.15) is 12.0 Å². The highest BCUT2D eigenvalue weighted by Crippen LogP contribution is 2.11. The Balaban J connectivity index is 1.44. The number of hydrogen-bond acceptors (Lipinski definition) is 6. The molecule has 3 rings (SSSR count). The molecule has 1 aromatic heterocycles. The first-order valence-corrected chi connectivity index (χ1v) is 10.3. The standard InChI is InChI=1S/C21H30N6O3/c1-3-22-21(27-13-11-26(12-14-27)16-18-8-15-30-25-18)24-10-9-23-20(28)17-4-6-19(29-2)7-5-17/h4-8,15H,3,9-14,16H2,1-2H3,(H,22,24)(H,23,28). The molecule has 9 heteroatoms. The number of ether oxygens (including phenoxy) is 1. The topological polar surface area (TPSA) is 95.2 Å². The van der Waals surface area contributed by atoms with Gasteiger partial charge in [0.25, 0.3) is 5.91 Å². The zero-order valence-electron chi connectivity index (χ0n) is 17.6. The van der Waals surface area contributed by atoms with Crippen LogP contribution >= 0.6 is 0 Å². The van der Waals surface area contributed by atoms with E-state index in [4.69, 9.17) is 9.26 Å². The molecular weight excluding hydrogens is 384 g/mol. The number of aliphatic imine (C=N–C) groups is 1. The highest BCUT2D eigenvalue weighted by molar-refractivity contribution is 5.94. The normalized spacial score (nSPS) is 15.1. The van der Waals surface area contributed by atoms with Crippen molar-refractivity contribution in [3.63, 3.8) is 0 Å². The zero-order valence-corrected chi connectivity index (χ0v) is 17.6. The van der Waals surface area contributed by atoms with Crippen LogP contribution in [0, 0.1) is 0 Å². The maximum atomic E-state index is 12.2. The summed E-state index contributed by atoms with van der Waals surface area (Å²) in [6.07, 6.45) is 1.61. The van der Waals surface area contributed by atoms with Gasteiger partial charge in [-0.2, -0.15) is 0 Å². The van der Waals surface area contributed by atoms with Gasteiger partial charge in [0.15, 0.2) is 5.96 Å². The Morgan fingerprint density at radius 1 is 1.17 bits per heavy atom. The molecule has 2 N–H and O–H groups in total. The van der Waals surface area contributed by atoms with Crippen molar-refractivity contribution in [3.8, 4) is 5.75 Å². The molecule has 0 unspecified atom stereocenters. The largest absolute Gasteiger partial charge is 0.497 e. The Bertz CT molecular complexity index is 799. The maximum absolute atomic E-state index is 12.2. The lowest BCUT2D eigenvalue weighted by Crippen LogP contribution is -2.52. The highest BCUT2D eigenvalue weighted by atomic mass is 16.5. The molecule has 1 aliphatic heterocycles. The molecule has 0 bridgehead atoms. The van der Waals surface area contributed by atoms with Gasteiger partial charge < -0.3 is 24.8 Å². The molecule has 9 nitrogen and oxygen atoms in total. The number of nitrogens with one attached hydrogen (secondary N) is 2. The van der Waals surface area contributed by atoms with E-state index in [1.807, 2.05) is 6.07 Å². The van der Waals surface area contributed by atoms with E-state index in [1.54, 1.807) is 37.6 Å². The van der Waals surface area contributed by atoms with Gasteiger partial charge in [-0.3, -0.25) is 14.7 Å². The summed E-state index contributed by atoms with van der Waals surface area (Å²) in [7, 11) is 1.60. The van der Waals surface area contributed by atoms with Crippen LogP contribution in [0.1, 0.15) is 23.0 Å². The van der Waals surface area contributed by atoms with Crippen molar-refractivity contribution < 1.29 is 14.1 Å². The molecule has 1 saturated heterocycles.